The van der Waals surface area contributed by atoms with Crippen LogP contribution in [0.1, 0.15) is 12.8 Å². The third-order valence-corrected chi connectivity index (χ3v) is 2.97. The SMILES string of the molecule is COCCCOCCN(CCCN)c1ccc(F)cc1. The third kappa shape index (κ3) is 6.84. The van der Waals surface area contributed by atoms with E-state index < -0.39 is 0 Å². The molecule has 0 bridgehead atoms. The number of anilines is 1. The van der Waals surface area contributed by atoms with Gasteiger partial charge in [0.15, 0.2) is 0 Å². The lowest BCUT2D eigenvalue weighted by Crippen LogP contribution is -2.30. The molecule has 0 fully saturated rings. The van der Waals surface area contributed by atoms with Crippen LogP contribution in [0.4, 0.5) is 10.1 Å². The van der Waals surface area contributed by atoms with Crippen molar-refractivity contribution < 1.29 is 13.9 Å². The minimum absolute atomic E-state index is 0.219. The van der Waals surface area contributed by atoms with Gasteiger partial charge in [-0.25, -0.2) is 4.39 Å². The molecule has 0 heterocycles. The fourth-order valence-electron chi connectivity index (χ4n) is 1.89. The van der Waals surface area contributed by atoms with E-state index in [4.69, 9.17) is 15.2 Å². The molecule has 0 saturated heterocycles. The summed E-state index contributed by atoms with van der Waals surface area (Å²) in [5, 5.41) is 0. The number of nitrogens with zero attached hydrogens (tertiary/aromatic N) is 1. The van der Waals surface area contributed by atoms with E-state index in [-0.39, 0.29) is 5.82 Å². The van der Waals surface area contributed by atoms with Gasteiger partial charge >= 0.3 is 0 Å². The average Bonchev–Trinajstić information content (AvgIpc) is 2.47. The number of hydrogen-bond acceptors (Lipinski definition) is 4. The first-order chi connectivity index (χ1) is 9.77. The van der Waals surface area contributed by atoms with Crippen LogP contribution in [0.3, 0.4) is 0 Å². The molecule has 0 radical (unpaired) electrons. The van der Waals surface area contributed by atoms with Crippen molar-refractivity contribution >= 4 is 5.69 Å². The highest BCUT2D eigenvalue weighted by Crippen LogP contribution is 2.14. The number of nitrogens with two attached hydrogens (primary N) is 1. The summed E-state index contributed by atoms with van der Waals surface area (Å²) < 4.78 is 23.5. The van der Waals surface area contributed by atoms with Gasteiger partial charge in [-0.2, -0.15) is 0 Å². The van der Waals surface area contributed by atoms with Gasteiger partial charge in [0.05, 0.1) is 6.61 Å². The maximum atomic E-state index is 13.0. The molecule has 1 aromatic rings. The molecule has 0 unspecified atom stereocenters. The van der Waals surface area contributed by atoms with Gasteiger partial charge in [-0.05, 0) is 43.7 Å². The van der Waals surface area contributed by atoms with Crippen LogP contribution in [-0.4, -0.2) is 46.6 Å². The predicted octanol–water partition coefficient (Wildman–Crippen LogP) is 2.03. The molecule has 1 rings (SSSR count). The lowest BCUT2D eigenvalue weighted by Gasteiger charge is -2.24. The molecule has 1 aromatic carbocycles. The molecule has 0 aliphatic carbocycles. The van der Waals surface area contributed by atoms with Crippen molar-refractivity contribution in [2.75, 3.05) is 51.5 Å². The summed E-state index contributed by atoms with van der Waals surface area (Å²) in [4.78, 5) is 2.17. The number of benzene rings is 1. The molecule has 0 aromatic heterocycles. The van der Waals surface area contributed by atoms with Crippen molar-refractivity contribution in [3.8, 4) is 0 Å². The Morgan fingerprint density at radius 1 is 1.05 bits per heavy atom. The highest BCUT2D eigenvalue weighted by atomic mass is 19.1. The number of hydrogen-bond donors (Lipinski definition) is 1. The fraction of sp³-hybridized carbons (Fsp3) is 0.600. The molecule has 0 atom stereocenters. The summed E-state index contributed by atoms with van der Waals surface area (Å²) in [6.45, 7) is 4.33. The zero-order valence-electron chi connectivity index (χ0n) is 12.2. The Morgan fingerprint density at radius 3 is 2.45 bits per heavy atom. The van der Waals surface area contributed by atoms with E-state index in [0.717, 1.165) is 38.2 Å². The van der Waals surface area contributed by atoms with E-state index >= 15 is 0 Å². The molecule has 20 heavy (non-hydrogen) atoms. The van der Waals surface area contributed by atoms with Crippen LogP contribution in [0, 0.1) is 5.82 Å². The molecule has 0 saturated carbocycles. The minimum atomic E-state index is -0.219. The molecule has 4 nitrogen and oxygen atoms in total. The molecule has 0 spiro atoms. The van der Waals surface area contributed by atoms with Crippen LogP contribution in [0.15, 0.2) is 24.3 Å². The molecule has 2 N–H and O–H groups in total. The molecular weight excluding hydrogens is 259 g/mol. The average molecular weight is 284 g/mol. The predicted molar refractivity (Wildman–Crippen MR) is 79.6 cm³/mol. The first-order valence-corrected chi connectivity index (χ1v) is 7.05. The second kappa shape index (κ2) is 10.6. The Bertz CT molecular complexity index is 346. The van der Waals surface area contributed by atoms with Crippen LogP contribution >= 0.6 is 0 Å². The minimum Gasteiger partial charge on any atom is -0.385 e. The topological polar surface area (TPSA) is 47.7 Å². The van der Waals surface area contributed by atoms with Gasteiger partial charge in [-0.15, -0.1) is 0 Å². The number of halogens is 1. The van der Waals surface area contributed by atoms with E-state index in [1.54, 1.807) is 19.2 Å². The van der Waals surface area contributed by atoms with Crippen molar-refractivity contribution in [3.05, 3.63) is 30.1 Å². The maximum absolute atomic E-state index is 13.0. The Labute approximate surface area is 120 Å². The smallest absolute Gasteiger partial charge is 0.123 e. The zero-order chi connectivity index (χ0) is 14.6. The Morgan fingerprint density at radius 2 is 1.80 bits per heavy atom. The normalized spacial score (nSPS) is 10.8. The van der Waals surface area contributed by atoms with Gasteiger partial charge in [-0.1, -0.05) is 0 Å². The summed E-state index contributed by atoms with van der Waals surface area (Å²) >= 11 is 0. The molecule has 0 aliphatic rings. The summed E-state index contributed by atoms with van der Waals surface area (Å²) in [6.07, 6.45) is 1.80. The summed E-state index contributed by atoms with van der Waals surface area (Å²) in [6, 6.07) is 6.53. The monoisotopic (exact) mass is 284 g/mol. The van der Waals surface area contributed by atoms with Gasteiger partial charge < -0.3 is 20.1 Å². The quantitative estimate of drug-likeness (QED) is 0.632. The van der Waals surface area contributed by atoms with Gasteiger partial charge in [0, 0.05) is 39.1 Å². The van der Waals surface area contributed by atoms with Gasteiger partial charge in [0.2, 0.25) is 0 Å². The second-order valence-electron chi connectivity index (χ2n) is 4.56. The Hall–Kier alpha value is -1.17. The van der Waals surface area contributed by atoms with E-state index in [1.807, 2.05) is 0 Å². The highest BCUT2D eigenvalue weighted by Gasteiger charge is 2.06. The van der Waals surface area contributed by atoms with Gasteiger partial charge in [-0.3, -0.25) is 0 Å². The molecule has 0 amide bonds. The van der Waals surface area contributed by atoms with E-state index in [2.05, 4.69) is 4.90 Å². The first kappa shape index (κ1) is 16.9. The number of methoxy groups -OCH3 is 1. The second-order valence-corrected chi connectivity index (χ2v) is 4.56. The molecule has 5 heteroatoms. The third-order valence-electron chi connectivity index (χ3n) is 2.97. The number of ether oxygens (including phenoxy) is 2. The van der Waals surface area contributed by atoms with E-state index in [1.165, 1.54) is 12.1 Å². The van der Waals surface area contributed by atoms with Crippen LogP contribution in [0.25, 0.3) is 0 Å². The summed E-state index contributed by atoms with van der Waals surface area (Å²) in [7, 11) is 1.68. The Kier molecular flexibility index (Phi) is 8.95. The molecule has 114 valence electrons. The standard InChI is InChI=1S/C15H25FN2O2/c1-19-11-3-12-20-13-10-18(9-2-8-17)15-6-4-14(16)5-7-15/h4-7H,2-3,8-13,17H2,1H3. The highest BCUT2D eigenvalue weighted by molar-refractivity contribution is 5.46. The van der Waals surface area contributed by atoms with E-state index in [9.17, 15) is 4.39 Å². The van der Waals surface area contributed by atoms with Crippen LogP contribution < -0.4 is 10.6 Å². The fourth-order valence-corrected chi connectivity index (χ4v) is 1.89. The lowest BCUT2D eigenvalue weighted by molar-refractivity contribution is 0.107. The van der Waals surface area contributed by atoms with E-state index in [0.29, 0.717) is 19.8 Å². The maximum Gasteiger partial charge on any atom is 0.123 e. The molecule has 0 aliphatic heterocycles. The van der Waals surface area contributed by atoms with Gasteiger partial charge in [0.25, 0.3) is 0 Å². The zero-order valence-corrected chi connectivity index (χ0v) is 12.2. The van der Waals surface area contributed by atoms with Crippen molar-refractivity contribution in [2.45, 2.75) is 12.8 Å². The van der Waals surface area contributed by atoms with Crippen molar-refractivity contribution in [1.29, 1.82) is 0 Å². The number of rotatable bonds is 11. The lowest BCUT2D eigenvalue weighted by atomic mass is 10.2. The molecular formula is C15H25FN2O2. The first-order valence-electron chi connectivity index (χ1n) is 7.05. The van der Waals surface area contributed by atoms with Crippen LogP contribution in [0.5, 0.6) is 0 Å². The largest absolute Gasteiger partial charge is 0.385 e. The summed E-state index contributed by atoms with van der Waals surface area (Å²) in [5.41, 5.74) is 6.56. The van der Waals surface area contributed by atoms with Crippen LogP contribution in [0.2, 0.25) is 0 Å². The summed E-state index contributed by atoms with van der Waals surface area (Å²) in [5.74, 6) is -0.219. The van der Waals surface area contributed by atoms with Crippen molar-refractivity contribution in [3.63, 3.8) is 0 Å². The van der Waals surface area contributed by atoms with Crippen molar-refractivity contribution in [2.24, 2.45) is 5.73 Å². The van der Waals surface area contributed by atoms with Gasteiger partial charge in [0.1, 0.15) is 5.82 Å². The Balaban J connectivity index is 2.37. The van der Waals surface area contributed by atoms with Crippen molar-refractivity contribution in [1.82, 2.24) is 0 Å². The van der Waals surface area contributed by atoms with Crippen LogP contribution in [-0.2, 0) is 9.47 Å².